The van der Waals surface area contributed by atoms with E-state index < -0.39 is 45.4 Å². The van der Waals surface area contributed by atoms with Crippen LogP contribution in [0.3, 0.4) is 0 Å². The van der Waals surface area contributed by atoms with Gasteiger partial charge >= 0.3 is 11.9 Å². The number of hydrogen-bond donors (Lipinski definition) is 4. The van der Waals surface area contributed by atoms with E-state index in [4.69, 9.17) is 28.3 Å². The molecule has 3 aromatic rings. The van der Waals surface area contributed by atoms with Crippen LogP contribution in [-0.4, -0.2) is 71.2 Å². The molecular formula is C28H24Cl2N2O9S. The predicted octanol–water partition coefficient (Wildman–Crippen LogP) is 3.42. The smallest absolute Gasteiger partial charge is 0.339 e. The first kappa shape index (κ1) is 30.8. The first-order valence-corrected chi connectivity index (χ1v) is 15.0. The summed E-state index contributed by atoms with van der Waals surface area (Å²) in [5.41, 5.74) is 1.08. The second-order valence-electron chi connectivity index (χ2n) is 9.69. The van der Waals surface area contributed by atoms with Crippen LogP contribution < -0.4 is 5.32 Å². The number of carboxylic acid groups (broad SMARTS) is 2. The van der Waals surface area contributed by atoms with Gasteiger partial charge in [0, 0.05) is 31.3 Å². The molecule has 0 bridgehead atoms. The molecule has 42 heavy (non-hydrogen) atoms. The first-order valence-electron chi connectivity index (χ1n) is 12.4. The summed E-state index contributed by atoms with van der Waals surface area (Å²) in [6, 6.07) is 9.29. The van der Waals surface area contributed by atoms with Gasteiger partial charge in [-0.3, -0.25) is 9.59 Å². The summed E-state index contributed by atoms with van der Waals surface area (Å²) >= 11 is 13.0. The maximum atomic E-state index is 13.2. The van der Waals surface area contributed by atoms with Crippen LogP contribution in [0.15, 0.2) is 53.4 Å². The number of rotatable bonds is 8. The molecule has 1 unspecified atom stereocenters. The van der Waals surface area contributed by atoms with Crippen molar-refractivity contribution in [1.82, 2.24) is 10.2 Å². The lowest BCUT2D eigenvalue weighted by molar-refractivity contribution is -0.139. The number of amides is 2. The molecule has 1 heterocycles. The van der Waals surface area contributed by atoms with Crippen LogP contribution in [0, 0.1) is 0 Å². The molecule has 1 aliphatic heterocycles. The van der Waals surface area contributed by atoms with Crippen molar-refractivity contribution in [2.45, 2.75) is 30.3 Å². The van der Waals surface area contributed by atoms with Crippen LogP contribution in [-0.2, 0) is 34.0 Å². The fourth-order valence-corrected chi connectivity index (χ4v) is 6.09. The van der Waals surface area contributed by atoms with Crippen LogP contribution in [0.5, 0.6) is 5.75 Å². The Balaban J connectivity index is 1.54. The largest absolute Gasteiger partial charge is 0.507 e. The Hall–Kier alpha value is -4.13. The number of nitrogens with one attached hydrogen (secondary N) is 1. The van der Waals surface area contributed by atoms with Crippen LogP contribution in [0.2, 0.25) is 10.0 Å². The van der Waals surface area contributed by atoms with E-state index in [1.807, 2.05) is 0 Å². The molecule has 0 saturated heterocycles. The zero-order chi connectivity index (χ0) is 30.9. The third-order valence-corrected chi connectivity index (χ3v) is 8.59. The minimum absolute atomic E-state index is 0.00812. The quantitative estimate of drug-likeness (QED) is 0.289. The highest BCUT2D eigenvalue weighted by Gasteiger charge is 2.30. The second kappa shape index (κ2) is 12.0. The molecule has 1 atom stereocenters. The Morgan fingerprint density at radius 1 is 1.05 bits per heavy atom. The number of carbonyl (C=O) groups excluding carboxylic acids is 2. The van der Waals surface area contributed by atoms with E-state index in [1.54, 1.807) is 6.07 Å². The van der Waals surface area contributed by atoms with Gasteiger partial charge in [0.2, 0.25) is 0 Å². The molecule has 4 rings (SSSR count). The molecule has 0 radical (unpaired) electrons. The molecule has 0 aromatic heterocycles. The topological polar surface area (TPSA) is 178 Å². The molecule has 0 aliphatic carbocycles. The molecule has 0 saturated carbocycles. The van der Waals surface area contributed by atoms with Gasteiger partial charge in [-0.05, 0) is 59.5 Å². The number of halogens is 2. The van der Waals surface area contributed by atoms with Gasteiger partial charge in [-0.1, -0.05) is 35.3 Å². The lowest BCUT2D eigenvalue weighted by Crippen LogP contribution is -2.42. The van der Waals surface area contributed by atoms with Gasteiger partial charge in [-0.25, -0.2) is 18.0 Å². The van der Waals surface area contributed by atoms with Crippen molar-refractivity contribution in [2.24, 2.45) is 0 Å². The number of fused-ring (bicyclic) bond motifs is 1. The average molecular weight is 635 g/mol. The van der Waals surface area contributed by atoms with Crippen LogP contribution in [0.4, 0.5) is 0 Å². The normalized spacial score (nSPS) is 13.6. The molecule has 0 spiro atoms. The Labute approximate surface area is 250 Å². The van der Waals surface area contributed by atoms with Crippen LogP contribution >= 0.6 is 23.2 Å². The number of hydrogen-bond acceptors (Lipinski definition) is 7. The van der Waals surface area contributed by atoms with Crippen molar-refractivity contribution in [3.8, 4) is 5.75 Å². The van der Waals surface area contributed by atoms with Gasteiger partial charge in [0.1, 0.15) is 17.4 Å². The molecular weight excluding hydrogens is 611 g/mol. The lowest BCUT2D eigenvalue weighted by atomic mass is 9.95. The predicted molar refractivity (Wildman–Crippen MR) is 152 cm³/mol. The number of aliphatic carboxylic acids is 1. The highest BCUT2D eigenvalue weighted by Crippen LogP contribution is 2.35. The number of carboxylic acids is 2. The third-order valence-electron chi connectivity index (χ3n) is 6.76. The average Bonchev–Trinajstić information content (AvgIpc) is 2.91. The van der Waals surface area contributed by atoms with E-state index in [1.165, 1.54) is 35.2 Å². The van der Waals surface area contributed by atoms with Crippen molar-refractivity contribution in [2.75, 3.05) is 12.8 Å². The molecule has 3 aromatic carbocycles. The van der Waals surface area contributed by atoms with E-state index in [0.717, 1.165) is 18.4 Å². The number of nitrogens with zero attached hydrogens (tertiary/aromatic N) is 1. The van der Waals surface area contributed by atoms with E-state index in [9.17, 15) is 37.8 Å². The zero-order valence-electron chi connectivity index (χ0n) is 21.9. The van der Waals surface area contributed by atoms with Gasteiger partial charge in [-0.15, -0.1) is 0 Å². The molecule has 1 aliphatic rings. The molecule has 2 amide bonds. The summed E-state index contributed by atoms with van der Waals surface area (Å²) < 4.78 is 23.7. The number of aromatic hydroxyl groups is 1. The van der Waals surface area contributed by atoms with Crippen molar-refractivity contribution in [3.63, 3.8) is 0 Å². The van der Waals surface area contributed by atoms with Crippen molar-refractivity contribution >= 4 is 56.8 Å². The van der Waals surface area contributed by atoms with Crippen molar-refractivity contribution < 1.29 is 42.9 Å². The molecule has 0 fully saturated rings. The monoisotopic (exact) mass is 634 g/mol. The van der Waals surface area contributed by atoms with Crippen LogP contribution in [0.25, 0.3) is 0 Å². The van der Waals surface area contributed by atoms with E-state index in [-0.39, 0.29) is 57.6 Å². The summed E-state index contributed by atoms with van der Waals surface area (Å²) in [6.07, 6.45) is 1.06. The van der Waals surface area contributed by atoms with Gasteiger partial charge in [-0.2, -0.15) is 0 Å². The zero-order valence-corrected chi connectivity index (χ0v) is 24.3. The van der Waals surface area contributed by atoms with E-state index >= 15 is 0 Å². The Kier molecular flexibility index (Phi) is 8.81. The number of sulfone groups is 1. The van der Waals surface area contributed by atoms with Gasteiger partial charge in [0.15, 0.2) is 9.84 Å². The number of phenols is 1. The Morgan fingerprint density at radius 2 is 1.76 bits per heavy atom. The third kappa shape index (κ3) is 6.51. The second-order valence-corrected chi connectivity index (χ2v) is 12.5. The maximum Gasteiger partial charge on any atom is 0.339 e. The molecule has 4 N–H and O–H groups in total. The maximum absolute atomic E-state index is 13.2. The standard InChI is InChI=1S/C28H24Cl2N2O9S/c1-42(40,41)17-4-2-3-14(9-17)10-21(28(38)39)31-25(34)23-20(29)11-16-13-32(8-7-18(16)24(23)30)26(35)15-5-6-19(27(36)37)22(33)12-15/h2-6,9,11-12,21,33H,7-8,10,13H2,1H3,(H,31,34)(H,36,37)(H,38,39). The molecule has 11 nitrogen and oxygen atoms in total. The van der Waals surface area contributed by atoms with E-state index in [0.29, 0.717) is 16.7 Å². The SMILES string of the molecule is CS(=O)(=O)c1cccc(CC(NC(=O)c2c(Cl)cc3c(c2Cl)CCN(C(=O)c2ccc(C(=O)O)c(O)c2)C3)C(=O)O)c1. The minimum Gasteiger partial charge on any atom is -0.507 e. The van der Waals surface area contributed by atoms with E-state index in [2.05, 4.69) is 5.32 Å². The highest BCUT2D eigenvalue weighted by molar-refractivity contribution is 7.90. The Morgan fingerprint density at radius 3 is 2.38 bits per heavy atom. The summed E-state index contributed by atoms with van der Waals surface area (Å²) in [6.45, 7) is 0.246. The number of carbonyl (C=O) groups is 4. The van der Waals surface area contributed by atoms with Crippen LogP contribution in [0.1, 0.15) is 47.8 Å². The molecule has 14 heteroatoms. The Bertz CT molecular complexity index is 1740. The van der Waals surface area contributed by atoms with Crippen molar-refractivity contribution in [3.05, 3.63) is 92.0 Å². The molecule has 220 valence electrons. The lowest BCUT2D eigenvalue weighted by Gasteiger charge is -2.30. The van der Waals surface area contributed by atoms with Gasteiger partial charge in [0.05, 0.1) is 20.5 Å². The highest BCUT2D eigenvalue weighted by atomic mass is 35.5. The summed E-state index contributed by atoms with van der Waals surface area (Å²) in [7, 11) is -3.53. The number of aromatic carboxylic acids is 1. The van der Waals surface area contributed by atoms with Gasteiger partial charge < -0.3 is 25.5 Å². The first-order chi connectivity index (χ1) is 19.7. The van der Waals surface area contributed by atoms with Gasteiger partial charge in [0.25, 0.3) is 11.8 Å². The fraction of sp³-hybridized carbons (Fsp3) is 0.214. The number of benzene rings is 3. The van der Waals surface area contributed by atoms with Crippen molar-refractivity contribution in [1.29, 1.82) is 0 Å². The fourth-order valence-electron chi connectivity index (χ4n) is 4.63. The summed E-state index contributed by atoms with van der Waals surface area (Å²) in [5.74, 6) is -4.54. The summed E-state index contributed by atoms with van der Waals surface area (Å²) in [4.78, 5) is 50.8. The summed E-state index contributed by atoms with van der Waals surface area (Å²) in [5, 5.41) is 31.1. The minimum atomic E-state index is -3.53.